The Balaban J connectivity index is 1.54. The van der Waals surface area contributed by atoms with Gasteiger partial charge in [-0.05, 0) is 42.5 Å². The topological polar surface area (TPSA) is 103 Å². The largest absolute Gasteiger partial charge is 0.490 e. The molecule has 0 bridgehead atoms. The van der Waals surface area contributed by atoms with Crippen molar-refractivity contribution in [2.24, 2.45) is 0 Å². The Morgan fingerprint density at radius 3 is 2.42 bits per heavy atom. The number of carbonyl (C=O) groups excluding carboxylic acids is 1. The van der Waals surface area contributed by atoms with Gasteiger partial charge in [0, 0.05) is 17.7 Å². The van der Waals surface area contributed by atoms with Crippen molar-refractivity contribution < 1.29 is 19.2 Å². The van der Waals surface area contributed by atoms with Crippen molar-refractivity contribution in [1.29, 1.82) is 0 Å². The van der Waals surface area contributed by atoms with E-state index in [9.17, 15) is 14.9 Å². The number of anilines is 1. The second kappa shape index (κ2) is 10.7. The van der Waals surface area contributed by atoms with E-state index in [1.54, 1.807) is 18.2 Å². The van der Waals surface area contributed by atoms with Gasteiger partial charge in [0.25, 0.3) is 11.6 Å². The maximum absolute atomic E-state index is 12.3. The molecule has 0 aliphatic carbocycles. The second-order valence-electron chi connectivity index (χ2n) is 6.22. The molecule has 0 saturated heterocycles. The molecule has 9 heteroatoms. The third-order valence-corrected chi connectivity index (χ3v) is 4.24. The minimum absolute atomic E-state index is 0.0353. The van der Waals surface area contributed by atoms with Crippen molar-refractivity contribution in [2.45, 2.75) is 0 Å². The second-order valence-corrected chi connectivity index (χ2v) is 6.63. The van der Waals surface area contributed by atoms with Crippen LogP contribution in [0.1, 0.15) is 10.4 Å². The zero-order valence-corrected chi connectivity index (χ0v) is 17.1. The van der Waals surface area contributed by atoms with Gasteiger partial charge in [-0.25, -0.2) is 0 Å². The number of carbonyl (C=O) groups is 1. The van der Waals surface area contributed by atoms with Crippen molar-refractivity contribution in [1.82, 2.24) is 5.32 Å². The van der Waals surface area contributed by atoms with E-state index in [-0.39, 0.29) is 16.4 Å². The molecule has 2 N–H and O–H groups in total. The van der Waals surface area contributed by atoms with Crippen LogP contribution in [0.2, 0.25) is 0 Å². The number of para-hydroxylation sites is 3. The van der Waals surface area contributed by atoms with E-state index in [1.165, 1.54) is 24.3 Å². The fourth-order valence-corrected chi connectivity index (χ4v) is 2.82. The summed E-state index contributed by atoms with van der Waals surface area (Å²) in [5.74, 6) is 0.726. The maximum atomic E-state index is 12.3. The van der Waals surface area contributed by atoms with E-state index in [1.807, 2.05) is 36.4 Å². The van der Waals surface area contributed by atoms with Crippen LogP contribution in [-0.4, -0.2) is 29.2 Å². The van der Waals surface area contributed by atoms with Crippen molar-refractivity contribution in [3.05, 3.63) is 94.5 Å². The standard InChI is InChI=1S/C22H19N3O5S/c26-21(16-7-6-8-17(15-16)25(27)28)24-22(31)23-19-11-4-5-12-20(19)30-14-13-29-18-9-2-1-3-10-18/h1-12,15H,13-14H2,(H2,23,24,26,31). The smallest absolute Gasteiger partial charge is 0.270 e. The number of nitro benzene ring substituents is 1. The molecule has 0 spiro atoms. The average Bonchev–Trinajstić information content (AvgIpc) is 2.78. The highest BCUT2D eigenvalue weighted by molar-refractivity contribution is 7.80. The first kappa shape index (κ1) is 21.7. The van der Waals surface area contributed by atoms with Crippen LogP contribution in [0.3, 0.4) is 0 Å². The summed E-state index contributed by atoms with van der Waals surface area (Å²) in [6.07, 6.45) is 0. The molecule has 0 aliphatic heterocycles. The molecule has 0 radical (unpaired) electrons. The van der Waals surface area contributed by atoms with Gasteiger partial charge in [-0.15, -0.1) is 0 Å². The van der Waals surface area contributed by atoms with Crippen LogP contribution in [0.5, 0.6) is 11.5 Å². The van der Waals surface area contributed by atoms with Gasteiger partial charge in [-0.1, -0.05) is 36.4 Å². The molecule has 0 heterocycles. The zero-order chi connectivity index (χ0) is 22.1. The number of hydrogen-bond acceptors (Lipinski definition) is 6. The van der Waals surface area contributed by atoms with Crippen LogP contribution < -0.4 is 20.1 Å². The molecule has 0 atom stereocenters. The molecule has 0 saturated carbocycles. The Hall–Kier alpha value is -3.98. The summed E-state index contributed by atoms with van der Waals surface area (Å²) in [5, 5.41) is 16.3. The maximum Gasteiger partial charge on any atom is 0.270 e. The van der Waals surface area contributed by atoms with Gasteiger partial charge in [0.05, 0.1) is 10.6 Å². The highest BCUT2D eigenvalue weighted by Crippen LogP contribution is 2.23. The van der Waals surface area contributed by atoms with E-state index in [2.05, 4.69) is 10.6 Å². The Labute approximate surface area is 184 Å². The zero-order valence-electron chi connectivity index (χ0n) is 16.3. The summed E-state index contributed by atoms with van der Waals surface area (Å²) in [5.41, 5.74) is 0.510. The van der Waals surface area contributed by atoms with Crippen molar-refractivity contribution in [3.63, 3.8) is 0 Å². The first-order valence-corrected chi connectivity index (χ1v) is 9.70. The SMILES string of the molecule is O=C(NC(=S)Nc1ccccc1OCCOc1ccccc1)c1cccc([N+](=O)[O-])c1. The van der Waals surface area contributed by atoms with Gasteiger partial charge in [-0.3, -0.25) is 20.2 Å². The number of amides is 1. The Kier molecular flexibility index (Phi) is 7.50. The number of nitrogens with one attached hydrogen (secondary N) is 2. The van der Waals surface area contributed by atoms with Crippen molar-refractivity contribution in [2.75, 3.05) is 18.5 Å². The van der Waals surface area contributed by atoms with Crippen molar-refractivity contribution in [3.8, 4) is 11.5 Å². The number of benzene rings is 3. The lowest BCUT2D eigenvalue weighted by Crippen LogP contribution is -2.34. The lowest BCUT2D eigenvalue weighted by Gasteiger charge is -2.14. The Morgan fingerprint density at radius 1 is 0.935 bits per heavy atom. The van der Waals surface area contributed by atoms with Gasteiger partial charge < -0.3 is 14.8 Å². The minimum Gasteiger partial charge on any atom is -0.490 e. The summed E-state index contributed by atoms with van der Waals surface area (Å²) >= 11 is 5.20. The van der Waals surface area contributed by atoms with Gasteiger partial charge in [0.2, 0.25) is 0 Å². The number of ether oxygens (including phenoxy) is 2. The van der Waals surface area contributed by atoms with E-state index in [0.29, 0.717) is 24.7 Å². The summed E-state index contributed by atoms with van der Waals surface area (Å²) in [7, 11) is 0. The molecule has 8 nitrogen and oxygen atoms in total. The van der Waals surface area contributed by atoms with Crippen LogP contribution in [-0.2, 0) is 0 Å². The van der Waals surface area contributed by atoms with Gasteiger partial charge in [0.15, 0.2) is 5.11 Å². The lowest BCUT2D eigenvalue weighted by molar-refractivity contribution is -0.384. The number of non-ortho nitro benzene ring substituents is 1. The van der Waals surface area contributed by atoms with E-state index < -0.39 is 10.8 Å². The molecule has 3 rings (SSSR count). The summed E-state index contributed by atoms with van der Waals surface area (Å²) < 4.78 is 11.4. The predicted octanol–water partition coefficient (Wildman–Crippen LogP) is 4.18. The average molecular weight is 437 g/mol. The molecule has 0 aromatic heterocycles. The molecular weight excluding hydrogens is 418 g/mol. The number of hydrogen-bond donors (Lipinski definition) is 2. The monoisotopic (exact) mass is 437 g/mol. The van der Waals surface area contributed by atoms with Gasteiger partial charge in [-0.2, -0.15) is 0 Å². The van der Waals surface area contributed by atoms with E-state index in [0.717, 1.165) is 5.75 Å². The molecule has 1 amide bonds. The minimum atomic E-state index is -0.567. The fourth-order valence-electron chi connectivity index (χ4n) is 2.61. The molecule has 0 unspecified atom stereocenters. The lowest BCUT2D eigenvalue weighted by atomic mass is 10.2. The fraction of sp³-hybridized carbons (Fsp3) is 0.0909. The molecule has 3 aromatic carbocycles. The molecule has 158 valence electrons. The van der Waals surface area contributed by atoms with Crippen LogP contribution in [0.15, 0.2) is 78.9 Å². The number of nitro groups is 1. The van der Waals surface area contributed by atoms with Gasteiger partial charge in [0.1, 0.15) is 24.7 Å². The molecule has 3 aromatic rings. The van der Waals surface area contributed by atoms with Crippen molar-refractivity contribution >= 4 is 34.6 Å². The number of thiocarbonyl (C=S) groups is 1. The normalized spacial score (nSPS) is 10.1. The van der Waals surface area contributed by atoms with E-state index in [4.69, 9.17) is 21.7 Å². The summed E-state index contributed by atoms with van der Waals surface area (Å²) in [6, 6.07) is 21.9. The van der Waals surface area contributed by atoms with Crippen LogP contribution in [0.4, 0.5) is 11.4 Å². The van der Waals surface area contributed by atoms with Gasteiger partial charge >= 0.3 is 0 Å². The third kappa shape index (κ3) is 6.51. The highest BCUT2D eigenvalue weighted by Gasteiger charge is 2.13. The molecular formula is C22H19N3O5S. The Bertz CT molecular complexity index is 1080. The molecule has 0 fully saturated rings. The van der Waals surface area contributed by atoms with Crippen LogP contribution in [0, 0.1) is 10.1 Å². The quantitative estimate of drug-likeness (QED) is 0.236. The first-order valence-electron chi connectivity index (χ1n) is 9.29. The molecule has 0 aliphatic rings. The highest BCUT2D eigenvalue weighted by atomic mass is 32.1. The number of rotatable bonds is 8. The summed E-state index contributed by atoms with van der Waals surface area (Å²) in [4.78, 5) is 22.7. The Morgan fingerprint density at radius 2 is 1.65 bits per heavy atom. The number of nitrogens with zero attached hydrogens (tertiary/aromatic N) is 1. The van der Waals surface area contributed by atoms with Crippen LogP contribution >= 0.6 is 12.2 Å². The predicted molar refractivity (Wildman–Crippen MR) is 121 cm³/mol. The third-order valence-electron chi connectivity index (χ3n) is 4.03. The van der Waals surface area contributed by atoms with E-state index >= 15 is 0 Å². The molecule has 31 heavy (non-hydrogen) atoms. The summed E-state index contributed by atoms with van der Waals surface area (Å²) in [6.45, 7) is 0.659. The first-order chi connectivity index (χ1) is 15.0. The van der Waals surface area contributed by atoms with Crippen LogP contribution in [0.25, 0.3) is 0 Å².